The molecule has 0 aromatic heterocycles. The molecule has 0 aliphatic carbocycles. The first-order chi connectivity index (χ1) is 2.56. The lowest BCUT2D eigenvalue weighted by Crippen LogP contribution is -2.18. The highest BCUT2D eigenvalue weighted by molar-refractivity contribution is 4.47. The standard InChI is InChI=1S/C2H3F3N/c3-1-2(4,5)6/h6H,1H2. The molecule has 0 unspecified atom stereocenters. The lowest BCUT2D eigenvalue weighted by atomic mass is 10.7. The highest BCUT2D eigenvalue weighted by Gasteiger charge is 2.21. The van der Waals surface area contributed by atoms with Gasteiger partial charge < -0.3 is 0 Å². The molecule has 0 heterocycles. The highest BCUT2D eigenvalue weighted by atomic mass is 19.3. The third-order valence-electron chi connectivity index (χ3n) is 0.168. The molecular weight excluding hydrogens is 95.0 g/mol. The summed E-state index contributed by atoms with van der Waals surface area (Å²) in [7, 11) is 0. The first-order valence-electron chi connectivity index (χ1n) is 1.25. The Balaban J connectivity index is 3.17. The van der Waals surface area contributed by atoms with Crippen molar-refractivity contribution in [1.29, 1.82) is 0 Å². The first kappa shape index (κ1) is 5.75. The zero-order valence-corrected chi connectivity index (χ0v) is 2.84. The van der Waals surface area contributed by atoms with Crippen LogP contribution in [0.2, 0.25) is 0 Å². The molecule has 0 aromatic rings. The fourth-order valence-electron chi connectivity index (χ4n) is 0. The number of hydrogen-bond acceptors (Lipinski definition) is 0. The molecule has 0 aromatic carbocycles. The van der Waals surface area contributed by atoms with E-state index in [2.05, 4.69) is 0 Å². The van der Waals surface area contributed by atoms with E-state index in [1.54, 1.807) is 0 Å². The molecule has 0 atom stereocenters. The van der Waals surface area contributed by atoms with Gasteiger partial charge in [0, 0.05) is 0 Å². The van der Waals surface area contributed by atoms with Crippen LogP contribution in [0.1, 0.15) is 0 Å². The van der Waals surface area contributed by atoms with Crippen molar-refractivity contribution >= 4 is 0 Å². The second kappa shape index (κ2) is 1.47. The van der Waals surface area contributed by atoms with Crippen molar-refractivity contribution in [2.75, 3.05) is 6.67 Å². The monoisotopic (exact) mass is 98.0 g/mol. The Morgan fingerprint density at radius 3 is 1.67 bits per heavy atom. The van der Waals surface area contributed by atoms with E-state index < -0.39 is 12.7 Å². The minimum atomic E-state index is -3.88. The van der Waals surface area contributed by atoms with Crippen LogP contribution in [-0.4, -0.2) is 12.7 Å². The smallest absolute Gasteiger partial charge is 0.243 e. The molecule has 0 aliphatic rings. The fourth-order valence-corrected chi connectivity index (χ4v) is 0. The summed E-state index contributed by atoms with van der Waals surface area (Å²) < 4.78 is 32.0. The first-order valence-corrected chi connectivity index (χ1v) is 1.25. The summed E-state index contributed by atoms with van der Waals surface area (Å²) in [6, 6.07) is -3.88. The maximum atomic E-state index is 10.7. The van der Waals surface area contributed by atoms with Gasteiger partial charge in [0.25, 0.3) is 0 Å². The zero-order valence-electron chi connectivity index (χ0n) is 2.84. The number of alkyl halides is 3. The van der Waals surface area contributed by atoms with Gasteiger partial charge in [-0.15, -0.1) is 0 Å². The van der Waals surface area contributed by atoms with E-state index in [0.29, 0.717) is 0 Å². The Morgan fingerprint density at radius 1 is 1.50 bits per heavy atom. The average molecular weight is 98.0 g/mol. The summed E-state index contributed by atoms with van der Waals surface area (Å²) >= 11 is 0. The number of hydrogen-bond donors (Lipinski definition) is 0. The lowest BCUT2D eigenvalue weighted by Gasteiger charge is -1.97. The SMILES string of the molecule is [NH]C(F)(F)CF. The van der Waals surface area contributed by atoms with Gasteiger partial charge in [0.05, 0.1) is 0 Å². The predicted octanol–water partition coefficient (Wildman–Crippen LogP) is 0.832. The topological polar surface area (TPSA) is 23.8 Å². The third kappa shape index (κ3) is 3.75. The van der Waals surface area contributed by atoms with Crippen LogP contribution in [0.25, 0.3) is 0 Å². The molecule has 0 saturated heterocycles. The highest BCUT2D eigenvalue weighted by Crippen LogP contribution is 2.04. The summed E-state index contributed by atoms with van der Waals surface area (Å²) in [6.07, 6.45) is 0. The summed E-state index contributed by atoms with van der Waals surface area (Å²) in [5.41, 5.74) is 5.47. The molecule has 0 amide bonds. The fraction of sp³-hybridized carbons (Fsp3) is 1.00. The van der Waals surface area contributed by atoms with Crippen molar-refractivity contribution in [2.24, 2.45) is 0 Å². The van der Waals surface area contributed by atoms with Crippen LogP contribution in [0.3, 0.4) is 0 Å². The van der Waals surface area contributed by atoms with E-state index >= 15 is 0 Å². The van der Waals surface area contributed by atoms with E-state index in [-0.39, 0.29) is 0 Å². The molecular formula is C2H3F3N. The molecule has 1 radical (unpaired) electrons. The van der Waals surface area contributed by atoms with Crippen LogP contribution >= 0.6 is 0 Å². The van der Waals surface area contributed by atoms with E-state index in [0.717, 1.165) is 0 Å². The molecule has 1 N–H and O–H groups in total. The van der Waals surface area contributed by atoms with Crippen molar-refractivity contribution in [3.8, 4) is 0 Å². The molecule has 0 bridgehead atoms. The van der Waals surface area contributed by atoms with Crippen LogP contribution in [0.5, 0.6) is 0 Å². The maximum absolute atomic E-state index is 10.7. The number of nitrogens with one attached hydrogen (secondary N) is 1. The normalized spacial score (nSPS) is 12.0. The van der Waals surface area contributed by atoms with E-state index in [4.69, 9.17) is 5.73 Å². The minimum Gasteiger partial charge on any atom is -0.243 e. The van der Waals surface area contributed by atoms with Gasteiger partial charge in [0.1, 0.15) is 0 Å². The number of halogens is 3. The van der Waals surface area contributed by atoms with Gasteiger partial charge in [-0.2, -0.15) is 14.5 Å². The molecule has 0 saturated carbocycles. The Kier molecular flexibility index (Phi) is 1.40. The second-order valence-electron chi connectivity index (χ2n) is 0.838. The largest absolute Gasteiger partial charge is 0.342 e. The summed E-state index contributed by atoms with van der Waals surface area (Å²) in [6.45, 7) is -1.90. The van der Waals surface area contributed by atoms with Crippen molar-refractivity contribution < 1.29 is 13.2 Å². The Morgan fingerprint density at radius 2 is 1.67 bits per heavy atom. The molecule has 0 fully saturated rings. The molecule has 1 nitrogen and oxygen atoms in total. The summed E-state index contributed by atoms with van der Waals surface area (Å²) in [5, 5.41) is 0. The van der Waals surface area contributed by atoms with Crippen molar-refractivity contribution in [3.05, 3.63) is 0 Å². The van der Waals surface area contributed by atoms with Crippen molar-refractivity contribution in [2.45, 2.75) is 6.05 Å². The predicted molar refractivity (Wildman–Crippen MR) is 14.0 cm³/mol. The molecule has 4 heteroatoms. The van der Waals surface area contributed by atoms with Crippen LogP contribution in [-0.2, 0) is 0 Å². The van der Waals surface area contributed by atoms with E-state index in [1.165, 1.54) is 0 Å². The zero-order chi connectivity index (χ0) is 5.21. The molecule has 37 valence electrons. The number of rotatable bonds is 1. The Hall–Kier alpha value is -0.250. The molecule has 0 rings (SSSR count). The van der Waals surface area contributed by atoms with Gasteiger partial charge >= 0.3 is 6.05 Å². The van der Waals surface area contributed by atoms with Gasteiger partial charge in [0.2, 0.25) is 0 Å². The summed E-state index contributed by atoms with van der Waals surface area (Å²) in [5.74, 6) is 0. The lowest BCUT2D eigenvalue weighted by molar-refractivity contribution is -0.0237. The van der Waals surface area contributed by atoms with Crippen LogP contribution in [0, 0.1) is 0 Å². The van der Waals surface area contributed by atoms with Gasteiger partial charge in [-0.3, -0.25) is 0 Å². The minimum absolute atomic E-state index is 1.90. The molecule has 6 heavy (non-hydrogen) atoms. The van der Waals surface area contributed by atoms with E-state index in [1.807, 2.05) is 0 Å². The van der Waals surface area contributed by atoms with Crippen molar-refractivity contribution in [3.63, 3.8) is 0 Å². The van der Waals surface area contributed by atoms with Crippen LogP contribution in [0.15, 0.2) is 0 Å². The van der Waals surface area contributed by atoms with Gasteiger partial charge in [0.15, 0.2) is 6.67 Å². The molecule has 0 aliphatic heterocycles. The Bertz CT molecular complexity index is 38.5. The van der Waals surface area contributed by atoms with Crippen LogP contribution in [0.4, 0.5) is 13.2 Å². The quantitative estimate of drug-likeness (QED) is 0.434. The third-order valence-corrected chi connectivity index (χ3v) is 0.168. The van der Waals surface area contributed by atoms with Crippen molar-refractivity contribution in [1.82, 2.24) is 5.73 Å². The average Bonchev–Trinajstić information content (AvgIpc) is 1.35. The second-order valence-corrected chi connectivity index (χ2v) is 0.838. The van der Waals surface area contributed by atoms with Gasteiger partial charge in [-0.1, -0.05) is 0 Å². The molecule has 0 spiro atoms. The van der Waals surface area contributed by atoms with Gasteiger partial charge in [-0.05, 0) is 0 Å². The maximum Gasteiger partial charge on any atom is 0.342 e. The van der Waals surface area contributed by atoms with Gasteiger partial charge in [-0.25, -0.2) is 4.39 Å². The summed E-state index contributed by atoms with van der Waals surface area (Å²) in [4.78, 5) is 0. The Labute approximate surface area is 32.9 Å². The van der Waals surface area contributed by atoms with Crippen LogP contribution < -0.4 is 5.73 Å². The van der Waals surface area contributed by atoms with E-state index in [9.17, 15) is 13.2 Å².